The summed E-state index contributed by atoms with van der Waals surface area (Å²) in [6, 6.07) is 0. The van der Waals surface area contributed by atoms with Gasteiger partial charge in [-0.1, -0.05) is 18.5 Å². The SMILES string of the molecule is Nc1ncnc2c1ncn2CCOCP(=O)([S-])OP([O-])(=S)OP([O-])([O-])=S.[Na+].[Na+].[Na+].[Na+]. The molecule has 2 heterocycles. The number of rotatable bonds is 9. The first-order valence-corrected chi connectivity index (χ1v) is 14.4. The van der Waals surface area contributed by atoms with Gasteiger partial charge in [-0.05, 0) is 0 Å². The van der Waals surface area contributed by atoms with E-state index in [1.54, 1.807) is 4.57 Å². The smallest absolute Gasteiger partial charge is 0.812 e. The summed E-state index contributed by atoms with van der Waals surface area (Å²) < 4.78 is 27.1. The van der Waals surface area contributed by atoms with E-state index < -0.39 is 26.4 Å². The number of nitrogens with zero attached hydrogens (tertiary/aromatic N) is 4. The Morgan fingerprint density at radius 3 is 2.27 bits per heavy atom. The molecule has 0 aliphatic heterocycles. The van der Waals surface area contributed by atoms with Gasteiger partial charge in [0.25, 0.3) is 0 Å². The molecule has 0 amide bonds. The fourth-order valence-electron chi connectivity index (χ4n) is 1.71. The van der Waals surface area contributed by atoms with Crippen LogP contribution in [0.3, 0.4) is 0 Å². The molecule has 0 saturated carbocycles. The molecular formula is C8H10N5Na4O7P3S3. The third-order valence-electron chi connectivity index (χ3n) is 2.58. The van der Waals surface area contributed by atoms with Gasteiger partial charge >= 0.3 is 118 Å². The van der Waals surface area contributed by atoms with Crippen LogP contribution in [-0.2, 0) is 60.3 Å². The summed E-state index contributed by atoms with van der Waals surface area (Å²) in [4.78, 5) is 45.1. The maximum Gasteiger partial charge on any atom is 1.00 e. The summed E-state index contributed by atoms with van der Waals surface area (Å²) in [6.45, 7) is -13.4. The molecule has 0 spiro atoms. The summed E-state index contributed by atoms with van der Waals surface area (Å²) in [7, 11) is 0. The van der Waals surface area contributed by atoms with Crippen molar-refractivity contribution >= 4 is 72.9 Å². The average Bonchev–Trinajstić information content (AvgIpc) is 2.84. The molecule has 2 atom stereocenters. The van der Waals surface area contributed by atoms with Crippen LogP contribution in [0.1, 0.15) is 0 Å². The van der Waals surface area contributed by atoms with Gasteiger partial charge in [0.1, 0.15) is 31.5 Å². The van der Waals surface area contributed by atoms with Crippen LogP contribution >= 0.6 is 20.0 Å². The summed E-state index contributed by atoms with van der Waals surface area (Å²) in [5.41, 5.74) is 6.55. The van der Waals surface area contributed by atoms with Gasteiger partial charge in [0.15, 0.2) is 11.5 Å². The van der Waals surface area contributed by atoms with Crippen molar-refractivity contribution < 1.29 is 151 Å². The van der Waals surface area contributed by atoms with Crippen molar-refractivity contribution in [1.82, 2.24) is 19.5 Å². The summed E-state index contributed by atoms with van der Waals surface area (Å²) in [6.07, 6.45) is 2.08. The van der Waals surface area contributed by atoms with Crippen molar-refractivity contribution in [3.8, 4) is 0 Å². The van der Waals surface area contributed by atoms with Gasteiger partial charge in [0.2, 0.25) is 0 Å². The number of imidazole rings is 1. The van der Waals surface area contributed by atoms with E-state index in [0.717, 1.165) is 0 Å². The molecule has 22 heteroatoms. The Morgan fingerprint density at radius 2 is 1.70 bits per heavy atom. The summed E-state index contributed by atoms with van der Waals surface area (Å²) >= 11 is 12.8. The van der Waals surface area contributed by atoms with Crippen LogP contribution in [0, 0.1) is 0 Å². The monoisotopic (exact) mass is 569 g/mol. The molecule has 0 radical (unpaired) electrons. The number of nitrogens with two attached hydrogens (primary N) is 1. The maximum atomic E-state index is 12.0. The van der Waals surface area contributed by atoms with E-state index in [9.17, 15) is 19.2 Å². The number of ether oxygens (including phenoxy) is 1. The zero-order chi connectivity index (χ0) is 19.6. The zero-order valence-corrected chi connectivity index (χ0v) is 29.7. The summed E-state index contributed by atoms with van der Waals surface area (Å²) in [5, 5.41) is 0. The Kier molecular flexibility index (Phi) is 21.4. The number of nitrogen functional groups attached to an aromatic ring is 1. The van der Waals surface area contributed by atoms with Crippen LogP contribution in [0.5, 0.6) is 0 Å². The fraction of sp³-hybridized carbons (Fsp3) is 0.375. The van der Waals surface area contributed by atoms with Crippen LogP contribution in [0.4, 0.5) is 5.82 Å². The largest absolute Gasteiger partial charge is 1.00 e. The standard InChI is InChI=1S/C8H14N5O7P3S3.4Na/c9-7-6-8(11-3-10-7)13(4-12-6)1-2-18-5-21(14,24)19-23(17,26)20-22(15,16)25;;;;/h3-4H,1-2,5H2,(H,14,24)(H,17,26)(H2,9,10,11)(H2,15,16,25);;;;/q;4*+1/p-4. The Hall–Kier alpha value is 3.99. The van der Waals surface area contributed by atoms with Crippen LogP contribution in [-0.4, -0.2) is 32.5 Å². The molecule has 2 unspecified atom stereocenters. The Bertz CT molecular complexity index is 952. The van der Waals surface area contributed by atoms with Gasteiger partial charge in [-0.2, -0.15) is 0 Å². The normalized spacial score (nSPS) is 14.8. The number of aromatic nitrogens is 4. The fourth-order valence-corrected chi connectivity index (χ4v) is 9.16. The molecule has 30 heavy (non-hydrogen) atoms. The minimum atomic E-state index is -4.87. The second kappa shape index (κ2) is 16.7. The summed E-state index contributed by atoms with van der Waals surface area (Å²) in [5.74, 6) is 0.219. The number of hydrogen-bond acceptors (Lipinski definition) is 14. The van der Waals surface area contributed by atoms with Crippen molar-refractivity contribution in [2.45, 2.75) is 6.54 Å². The van der Waals surface area contributed by atoms with E-state index in [1.165, 1.54) is 12.7 Å². The minimum absolute atomic E-state index is 0. The van der Waals surface area contributed by atoms with Crippen LogP contribution in [0.15, 0.2) is 12.7 Å². The first-order valence-electron chi connectivity index (χ1n) is 6.43. The Morgan fingerprint density at radius 1 is 1.10 bits per heavy atom. The molecule has 2 aromatic rings. The van der Waals surface area contributed by atoms with E-state index in [-0.39, 0.29) is 137 Å². The second-order valence-corrected chi connectivity index (χ2v) is 13.5. The Labute approximate surface area is 276 Å². The molecule has 0 aliphatic rings. The molecule has 0 aromatic carbocycles. The predicted octanol–water partition coefficient (Wildman–Crippen LogP) is -13.3. The zero-order valence-electron chi connectivity index (χ0n) is 16.6. The molecule has 0 saturated heterocycles. The van der Waals surface area contributed by atoms with Crippen molar-refractivity contribution in [3.05, 3.63) is 12.7 Å². The Balaban J connectivity index is -0.00000182. The van der Waals surface area contributed by atoms with Crippen LogP contribution in [0.2, 0.25) is 0 Å². The quantitative estimate of drug-likeness (QED) is 0.130. The van der Waals surface area contributed by atoms with E-state index in [2.05, 4.69) is 59.4 Å². The van der Waals surface area contributed by atoms with Crippen LogP contribution in [0.25, 0.3) is 11.2 Å². The molecule has 12 nitrogen and oxygen atoms in total. The first-order chi connectivity index (χ1) is 11.9. The van der Waals surface area contributed by atoms with Gasteiger partial charge in [0, 0.05) is 6.54 Å². The predicted molar refractivity (Wildman–Crippen MR) is 96.3 cm³/mol. The molecule has 2 N–H and O–H groups in total. The van der Waals surface area contributed by atoms with Crippen LogP contribution < -0.4 is 139 Å². The van der Waals surface area contributed by atoms with E-state index >= 15 is 0 Å². The number of fused-ring (bicyclic) bond motifs is 1. The van der Waals surface area contributed by atoms with Crippen molar-refractivity contribution in [3.63, 3.8) is 0 Å². The molecule has 0 bridgehead atoms. The van der Waals surface area contributed by atoms with Crippen molar-refractivity contribution in [1.29, 1.82) is 0 Å². The van der Waals surface area contributed by atoms with Gasteiger partial charge in [0.05, 0.1) is 12.9 Å². The molecule has 146 valence electrons. The van der Waals surface area contributed by atoms with Gasteiger partial charge in [-0.3, -0.25) is 0 Å². The third kappa shape index (κ3) is 13.9. The van der Waals surface area contributed by atoms with Gasteiger partial charge < -0.3 is 55.2 Å². The number of anilines is 1. The average molecular weight is 569 g/mol. The molecule has 0 fully saturated rings. The first kappa shape index (κ1) is 38.5. The van der Waals surface area contributed by atoms with Gasteiger partial charge in [-0.15, -0.1) is 11.8 Å². The minimum Gasteiger partial charge on any atom is -0.812 e. The molecule has 2 rings (SSSR count). The van der Waals surface area contributed by atoms with E-state index in [1.807, 2.05) is 0 Å². The maximum absolute atomic E-state index is 12.0. The molecule has 0 aliphatic carbocycles. The van der Waals surface area contributed by atoms with E-state index in [4.69, 9.17) is 10.5 Å². The topological polar surface area (TPSA) is 184 Å². The third-order valence-corrected chi connectivity index (χ3v) is 9.19. The second-order valence-electron chi connectivity index (χ2n) is 4.58. The molecular weight excluding hydrogens is 559 g/mol. The van der Waals surface area contributed by atoms with Crippen molar-refractivity contribution in [2.75, 3.05) is 18.7 Å². The number of hydrogen-bond donors (Lipinski definition) is 1. The van der Waals surface area contributed by atoms with Crippen molar-refractivity contribution in [2.24, 2.45) is 0 Å². The molecule has 2 aromatic heterocycles. The van der Waals surface area contributed by atoms with Gasteiger partial charge in [-0.25, -0.2) is 15.0 Å². The van der Waals surface area contributed by atoms with E-state index in [0.29, 0.717) is 11.2 Å².